The highest BCUT2D eigenvalue weighted by Gasteiger charge is 2.33. The second-order valence-corrected chi connectivity index (χ2v) is 7.14. The number of hydrogen-bond acceptors (Lipinski definition) is 2. The molecule has 0 aromatic carbocycles. The van der Waals surface area contributed by atoms with E-state index in [-0.39, 0.29) is 5.41 Å². The first-order valence-corrected chi connectivity index (χ1v) is 7.41. The van der Waals surface area contributed by atoms with Crippen LogP contribution in [0.2, 0.25) is 0 Å². The molecule has 3 nitrogen and oxygen atoms in total. The highest BCUT2D eigenvalue weighted by molar-refractivity contribution is 5.81. The third-order valence-electron chi connectivity index (χ3n) is 4.41. The summed E-state index contributed by atoms with van der Waals surface area (Å²) in [6, 6.07) is 0.519. The second-order valence-electron chi connectivity index (χ2n) is 7.14. The minimum Gasteiger partial charge on any atom is -0.339 e. The van der Waals surface area contributed by atoms with Crippen molar-refractivity contribution in [3.8, 4) is 0 Å². The molecule has 0 spiro atoms. The van der Waals surface area contributed by atoms with Gasteiger partial charge in [-0.3, -0.25) is 9.69 Å². The smallest absolute Gasteiger partial charge is 0.228 e. The summed E-state index contributed by atoms with van der Waals surface area (Å²) in [5.41, 5.74) is -0.240. The summed E-state index contributed by atoms with van der Waals surface area (Å²) in [4.78, 5) is 16.9. The van der Waals surface area contributed by atoms with Crippen LogP contribution in [0.1, 0.15) is 47.0 Å². The van der Waals surface area contributed by atoms with Crippen LogP contribution in [0.5, 0.6) is 0 Å². The zero-order chi connectivity index (χ0) is 13.3. The van der Waals surface area contributed by atoms with Gasteiger partial charge in [0.05, 0.1) is 0 Å². The predicted octanol–water partition coefficient (Wildman–Crippen LogP) is 2.37. The number of hydrogen-bond donors (Lipinski definition) is 0. The van der Waals surface area contributed by atoms with Gasteiger partial charge in [-0.1, -0.05) is 27.2 Å². The fourth-order valence-electron chi connectivity index (χ4n) is 2.93. The van der Waals surface area contributed by atoms with Crippen molar-refractivity contribution in [2.75, 3.05) is 26.2 Å². The van der Waals surface area contributed by atoms with Crippen LogP contribution in [0.25, 0.3) is 0 Å². The van der Waals surface area contributed by atoms with E-state index in [4.69, 9.17) is 0 Å². The maximum atomic E-state index is 12.3. The van der Waals surface area contributed by atoms with Crippen LogP contribution in [0.15, 0.2) is 0 Å². The lowest BCUT2D eigenvalue weighted by atomic mass is 9.84. The molecule has 1 amide bonds. The van der Waals surface area contributed by atoms with Crippen molar-refractivity contribution in [2.24, 2.45) is 11.3 Å². The first kappa shape index (κ1) is 13.9. The Morgan fingerprint density at radius 1 is 1.22 bits per heavy atom. The van der Waals surface area contributed by atoms with Gasteiger partial charge in [-0.15, -0.1) is 0 Å². The zero-order valence-electron chi connectivity index (χ0n) is 12.4. The summed E-state index contributed by atoms with van der Waals surface area (Å²) in [7, 11) is 0. The van der Waals surface area contributed by atoms with Crippen LogP contribution in [0, 0.1) is 11.3 Å². The number of amides is 1. The average molecular weight is 252 g/mol. The molecule has 0 bridgehead atoms. The van der Waals surface area contributed by atoms with Crippen LogP contribution in [-0.2, 0) is 4.79 Å². The lowest BCUT2D eigenvalue weighted by molar-refractivity contribution is -0.142. The number of piperazine rings is 1. The average Bonchev–Trinajstić information content (AvgIpc) is 2.22. The molecule has 1 aliphatic carbocycles. The summed E-state index contributed by atoms with van der Waals surface area (Å²) in [6.45, 7) is 12.4. The highest BCUT2D eigenvalue weighted by atomic mass is 16.2. The molecule has 1 saturated heterocycles. The van der Waals surface area contributed by atoms with Crippen LogP contribution in [-0.4, -0.2) is 47.9 Å². The van der Waals surface area contributed by atoms with Crippen LogP contribution < -0.4 is 0 Å². The predicted molar refractivity (Wildman–Crippen MR) is 74.4 cm³/mol. The summed E-state index contributed by atoms with van der Waals surface area (Å²) in [6.07, 6.45) is 4.24. The Morgan fingerprint density at radius 2 is 1.89 bits per heavy atom. The van der Waals surface area contributed by atoms with Crippen molar-refractivity contribution in [3.05, 3.63) is 0 Å². The van der Waals surface area contributed by atoms with Gasteiger partial charge in [-0.2, -0.15) is 0 Å². The van der Waals surface area contributed by atoms with Gasteiger partial charge >= 0.3 is 0 Å². The van der Waals surface area contributed by atoms with Gasteiger partial charge in [0.15, 0.2) is 0 Å². The van der Waals surface area contributed by atoms with Crippen LogP contribution >= 0.6 is 0 Å². The van der Waals surface area contributed by atoms with E-state index in [2.05, 4.69) is 16.7 Å². The number of nitrogens with zero attached hydrogens (tertiary/aromatic N) is 2. The molecule has 0 radical (unpaired) electrons. The van der Waals surface area contributed by atoms with E-state index in [0.717, 1.165) is 25.6 Å². The van der Waals surface area contributed by atoms with Gasteiger partial charge < -0.3 is 4.90 Å². The normalized spacial score (nSPS) is 27.1. The fourth-order valence-corrected chi connectivity index (χ4v) is 2.93. The van der Waals surface area contributed by atoms with E-state index >= 15 is 0 Å². The first-order valence-electron chi connectivity index (χ1n) is 7.41. The molecular weight excluding hydrogens is 224 g/mol. The lowest BCUT2D eigenvalue weighted by Gasteiger charge is -2.44. The largest absolute Gasteiger partial charge is 0.339 e. The van der Waals surface area contributed by atoms with Crippen LogP contribution in [0.3, 0.4) is 0 Å². The molecule has 1 unspecified atom stereocenters. The molecule has 1 heterocycles. The summed E-state index contributed by atoms with van der Waals surface area (Å²) < 4.78 is 0. The Labute approximate surface area is 112 Å². The van der Waals surface area contributed by atoms with Gasteiger partial charge in [0.25, 0.3) is 0 Å². The summed E-state index contributed by atoms with van der Waals surface area (Å²) in [5.74, 6) is 1.23. The molecule has 1 atom stereocenters. The Bertz CT molecular complexity index is 304. The van der Waals surface area contributed by atoms with E-state index in [1.165, 1.54) is 25.8 Å². The number of carbonyl (C=O) groups excluding carboxylic acids is 1. The fraction of sp³-hybridized carbons (Fsp3) is 0.933. The van der Waals surface area contributed by atoms with E-state index in [1.807, 2.05) is 20.8 Å². The van der Waals surface area contributed by atoms with Gasteiger partial charge in [0, 0.05) is 37.6 Å². The van der Waals surface area contributed by atoms with Gasteiger partial charge in [-0.05, 0) is 25.7 Å². The topological polar surface area (TPSA) is 23.6 Å². The molecule has 18 heavy (non-hydrogen) atoms. The quantitative estimate of drug-likeness (QED) is 0.753. The van der Waals surface area contributed by atoms with Crippen molar-refractivity contribution in [2.45, 2.75) is 53.0 Å². The number of rotatable bonds is 2. The van der Waals surface area contributed by atoms with Gasteiger partial charge in [0.1, 0.15) is 0 Å². The molecule has 104 valence electrons. The Morgan fingerprint density at radius 3 is 2.33 bits per heavy atom. The summed E-state index contributed by atoms with van der Waals surface area (Å²) in [5, 5.41) is 0. The van der Waals surface area contributed by atoms with E-state index < -0.39 is 0 Å². The Balaban J connectivity index is 1.85. The Kier molecular flexibility index (Phi) is 4.00. The van der Waals surface area contributed by atoms with Gasteiger partial charge in [-0.25, -0.2) is 0 Å². The molecule has 2 fully saturated rings. The Hall–Kier alpha value is -0.570. The van der Waals surface area contributed by atoms with Gasteiger partial charge in [0.2, 0.25) is 5.91 Å². The third kappa shape index (κ3) is 3.05. The SMILES string of the molecule is CC1CN(C(=O)C(C)(C)C)CCN1CC1CCC1. The molecule has 1 aliphatic heterocycles. The third-order valence-corrected chi connectivity index (χ3v) is 4.41. The maximum absolute atomic E-state index is 12.3. The minimum absolute atomic E-state index is 0.240. The monoisotopic (exact) mass is 252 g/mol. The molecule has 0 aromatic heterocycles. The first-order chi connectivity index (χ1) is 8.38. The van der Waals surface area contributed by atoms with E-state index in [0.29, 0.717) is 11.9 Å². The molecule has 2 rings (SSSR count). The standard InChI is InChI=1S/C15H28N2O/c1-12-10-17(14(18)15(2,3)4)9-8-16(12)11-13-6-5-7-13/h12-13H,5-11H2,1-4H3. The lowest BCUT2D eigenvalue weighted by Crippen LogP contribution is -2.56. The maximum Gasteiger partial charge on any atom is 0.228 e. The minimum atomic E-state index is -0.240. The molecule has 0 aromatic rings. The van der Waals surface area contributed by atoms with Crippen LogP contribution in [0.4, 0.5) is 0 Å². The van der Waals surface area contributed by atoms with Crippen molar-refractivity contribution < 1.29 is 4.79 Å². The van der Waals surface area contributed by atoms with Crippen molar-refractivity contribution in [3.63, 3.8) is 0 Å². The van der Waals surface area contributed by atoms with Crippen molar-refractivity contribution >= 4 is 5.91 Å². The molecule has 0 N–H and O–H groups in total. The molecule has 1 saturated carbocycles. The van der Waals surface area contributed by atoms with E-state index in [9.17, 15) is 4.79 Å². The number of carbonyl (C=O) groups is 1. The molecule has 3 heteroatoms. The van der Waals surface area contributed by atoms with Crippen molar-refractivity contribution in [1.82, 2.24) is 9.80 Å². The van der Waals surface area contributed by atoms with E-state index in [1.54, 1.807) is 0 Å². The summed E-state index contributed by atoms with van der Waals surface area (Å²) >= 11 is 0. The molecule has 2 aliphatic rings. The van der Waals surface area contributed by atoms with Crippen molar-refractivity contribution in [1.29, 1.82) is 0 Å². The second kappa shape index (κ2) is 5.20. The highest BCUT2D eigenvalue weighted by Crippen LogP contribution is 2.28. The zero-order valence-corrected chi connectivity index (χ0v) is 12.4. The molecular formula is C15H28N2O.